The molecule has 0 aliphatic carbocycles. The summed E-state index contributed by atoms with van der Waals surface area (Å²) >= 11 is 4.38. The predicted molar refractivity (Wildman–Crippen MR) is 48.2 cm³/mol. The highest BCUT2D eigenvalue weighted by atomic mass is 32.2. The minimum atomic E-state index is -2.77. The zero-order chi connectivity index (χ0) is 8.74. The van der Waals surface area contributed by atoms with Crippen LogP contribution in [-0.2, 0) is 22.3 Å². The van der Waals surface area contributed by atoms with Gasteiger partial charge in [0.05, 0.1) is 6.54 Å². The SMILES string of the molecule is CS(=O)(=O)CCCCCN=S. The van der Waals surface area contributed by atoms with Crippen LogP contribution in [0, 0.1) is 0 Å². The van der Waals surface area contributed by atoms with Gasteiger partial charge in [-0.1, -0.05) is 6.42 Å². The summed E-state index contributed by atoms with van der Waals surface area (Å²) in [5.41, 5.74) is 0. The molecular weight excluding hydrogens is 182 g/mol. The van der Waals surface area contributed by atoms with Crippen LogP contribution in [-0.4, -0.2) is 27.0 Å². The molecule has 0 unspecified atom stereocenters. The van der Waals surface area contributed by atoms with Crippen LogP contribution in [0.5, 0.6) is 0 Å². The summed E-state index contributed by atoms with van der Waals surface area (Å²) < 4.78 is 24.7. The van der Waals surface area contributed by atoms with Gasteiger partial charge in [-0.05, 0) is 12.8 Å². The second kappa shape index (κ2) is 5.60. The third-order valence-electron chi connectivity index (χ3n) is 1.26. The summed E-state index contributed by atoms with van der Waals surface area (Å²) in [4.78, 5) is 0. The van der Waals surface area contributed by atoms with Gasteiger partial charge in [-0.2, -0.15) is 0 Å². The molecule has 0 radical (unpaired) electrons. The molecule has 0 heterocycles. The molecule has 11 heavy (non-hydrogen) atoms. The predicted octanol–water partition coefficient (Wildman–Crippen LogP) is 0.932. The first-order valence-corrected chi connectivity index (χ1v) is 5.95. The Morgan fingerprint density at radius 2 is 1.91 bits per heavy atom. The molecule has 0 aromatic carbocycles. The van der Waals surface area contributed by atoms with Gasteiger partial charge in [-0.3, -0.25) is 0 Å². The Kier molecular flexibility index (Phi) is 5.58. The fourth-order valence-corrected chi connectivity index (χ4v) is 1.57. The molecule has 0 aromatic rings. The van der Waals surface area contributed by atoms with E-state index in [-0.39, 0.29) is 5.75 Å². The van der Waals surface area contributed by atoms with Gasteiger partial charge in [0, 0.05) is 24.4 Å². The van der Waals surface area contributed by atoms with E-state index in [2.05, 4.69) is 16.8 Å². The molecule has 3 nitrogen and oxygen atoms in total. The van der Waals surface area contributed by atoms with Gasteiger partial charge in [-0.15, -0.1) is 0 Å². The molecule has 66 valence electrons. The first-order chi connectivity index (χ1) is 5.06. The van der Waals surface area contributed by atoms with E-state index in [0.29, 0.717) is 6.54 Å². The lowest BCUT2D eigenvalue weighted by molar-refractivity contribution is 0.596. The molecule has 0 aliphatic rings. The minimum absolute atomic E-state index is 0.282. The summed E-state index contributed by atoms with van der Waals surface area (Å²) in [6.07, 6.45) is 3.78. The van der Waals surface area contributed by atoms with E-state index in [9.17, 15) is 8.42 Å². The van der Waals surface area contributed by atoms with Crippen molar-refractivity contribution in [3.05, 3.63) is 0 Å². The Balaban J connectivity index is 3.22. The summed E-state index contributed by atoms with van der Waals surface area (Å²) in [6.45, 7) is 0.666. The summed E-state index contributed by atoms with van der Waals surface area (Å²) in [5.74, 6) is 0.282. The second-order valence-corrected chi connectivity index (χ2v) is 5.06. The maximum absolute atomic E-state index is 10.6. The molecule has 0 aliphatic heterocycles. The van der Waals surface area contributed by atoms with Crippen molar-refractivity contribution in [1.82, 2.24) is 0 Å². The van der Waals surface area contributed by atoms with Gasteiger partial charge < -0.3 is 0 Å². The zero-order valence-electron chi connectivity index (χ0n) is 6.62. The van der Waals surface area contributed by atoms with Crippen LogP contribution < -0.4 is 0 Å². The second-order valence-electron chi connectivity index (χ2n) is 2.54. The van der Waals surface area contributed by atoms with E-state index in [1.807, 2.05) is 0 Å². The van der Waals surface area contributed by atoms with Crippen LogP contribution in [0.3, 0.4) is 0 Å². The number of nitrogens with zero attached hydrogens (tertiary/aromatic N) is 1. The molecule has 0 atom stereocenters. The van der Waals surface area contributed by atoms with Crippen molar-refractivity contribution in [3.8, 4) is 0 Å². The van der Waals surface area contributed by atoms with Gasteiger partial charge >= 0.3 is 0 Å². The fraction of sp³-hybridized carbons (Fsp3) is 1.00. The van der Waals surface area contributed by atoms with E-state index in [1.54, 1.807) is 0 Å². The first kappa shape index (κ1) is 11.0. The Morgan fingerprint density at radius 3 is 2.36 bits per heavy atom. The molecule has 0 bridgehead atoms. The Labute approximate surface area is 73.3 Å². The van der Waals surface area contributed by atoms with Crippen LogP contribution in [0.1, 0.15) is 19.3 Å². The monoisotopic (exact) mass is 195 g/mol. The maximum Gasteiger partial charge on any atom is 0.147 e. The van der Waals surface area contributed by atoms with Crippen molar-refractivity contribution < 1.29 is 8.42 Å². The highest BCUT2D eigenvalue weighted by Crippen LogP contribution is 1.98. The van der Waals surface area contributed by atoms with Gasteiger partial charge in [-0.25, -0.2) is 12.8 Å². The van der Waals surface area contributed by atoms with E-state index in [4.69, 9.17) is 0 Å². The topological polar surface area (TPSA) is 46.5 Å². The van der Waals surface area contributed by atoms with Crippen LogP contribution in [0.25, 0.3) is 0 Å². The molecule has 5 heteroatoms. The van der Waals surface area contributed by atoms with Gasteiger partial charge in [0.25, 0.3) is 0 Å². The molecule has 0 rings (SSSR count). The molecule has 0 N–H and O–H groups in total. The lowest BCUT2D eigenvalue weighted by Gasteiger charge is -1.96. The van der Waals surface area contributed by atoms with Crippen molar-refractivity contribution in [2.75, 3.05) is 18.6 Å². The average molecular weight is 195 g/mol. The zero-order valence-corrected chi connectivity index (χ0v) is 8.25. The van der Waals surface area contributed by atoms with Crippen molar-refractivity contribution in [3.63, 3.8) is 0 Å². The molecule has 0 spiro atoms. The smallest absolute Gasteiger partial charge is 0.147 e. The van der Waals surface area contributed by atoms with Crippen LogP contribution >= 0.6 is 0 Å². The van der Waals surface area contributed by atoms with E-state index >= 15 is 0 Å². The quantitative estimate of drug-likeness (QED) is 0.592. The number of hydrogen-bond acceptors (Lipinski definition) is 4. The van der Waals surface area contributed by atoms with E-state index < -0.39 is 9.84 Å². The third-order valence-corrected chi connectivity index (χ3v) is 2.48. The van der Waals surface area contributed by atoms with Crippen molar-refractivity contribution >= 4 is 22.3 Å². The molecule has 0 amide bonds. The van der Waals surface area contributed by atoms with Crippen LogP contribution in [0.2, 0.25) is 0 Å². The molecule has 0 aromatic heterocycles. The highest BCUT2D eigenvalue weighted by molar-refractivity contribution is 7.90. The average Bonchev–Trinajstić information content (AvgIpc) is 1.85. The van der Waals surface area contributed by atoms with Crippen LogP contribution in [0.15, 0.2) is 4.36 Å². The summed E-state index contributed by atoms with van der Waals surface area (Å²) in [7, 11) is -2.77. The molecular formula is C6H13NO2S2. The number of sulfone groups is 1. The van der Waals surface area contributed by atoms with Crippen molar-refractivity contribution in [2.45, 2.75) is 19.3 Å². The third kappa shape index (κ3) is 9.97. The standard InChI is InChI=1S/C6H13NO2S2/c1-11(8,9)6-4-2-3-5-7-10/h2-6H2,1H3. The number of unbranched alkanes of at least 4 members (excludes halogenated alkanes) is 2. The molecule has 0 fully saturated rings. The van der Waals surface area contributed by atoms with Gasteiger partial charge in [0.15, 0.2) is 0 Å². The van der Waals surface area contributed by atoms with Crippen LogP contribution in [0.4, 0.5) is 0 Å². The van der Waals surface area contributed by atoms with E-state index in [1.165, 1.54) is 6.26 Å². The lowest BCUT2D eigenvalue weighted by atomic mass is 10.2. The van der Waals surface area contributed by atoms with Gasteiger partial charge in [0.2, 0.25) is 0 Å². The summed E-state index contributed by atoms with van der Waals surface area (Å²) in [6, 6.07) is 0. The largest absolute Gasteiger partial charge is 0.229 e. The van der Waals surface area contributed by atoms with E-state index in [0.717, 1.165) is 19.3 Å². The Morgan fingerprint density at radius 1 is 1.27 bits per heavy atom. The van der Waals surface area contributed by atoms with Gasteiger partial charge in [0.1, 0.15) is 9.84 Å². The molecule has 0 saturated carbocycles. The highest BCUT2D eigenvalue weighted by Gasteiger charge is 1.99. The molecule has 0 saturated heterocycles. The lowest BCUT2D eigenvalue weighted by Crippen LogP contribution is -2.02. The van der Waals surface area contributed by atoms with Crippen molar-refractivity contribution in [1.29, 1.82) is 0 Å². The Hall–Kier alpha value is -0.0300. The number of rotatable bonds is 6. The first-order valence-electron chi connectivity index (χ1n) is 3.53. The fourth-order valence-electron chi connectivity index (χ4n) is 0.717. The normalized spacial score (nSPS) is 11.4. The maximum atomic E-state index is 10.6. The summed E-state index contributed by atoms with van der Waals surface area (Å²) in [5, 5.41) is 0. The Bertz CT molecular complexity index is 199. The minimum Gasteiger partial charge on any atom is -0.229 e. The van der Waals surface area contributed by atoms with Crippen molar-refractivity contribution in [2.24, 2.45) is 4.36 Å². The number of hydrogen-bond donors (Lipinski definition) is 0.